The van der Waals surface area contributed by atoms with Crippen molar-refractivity contribution in [1.29, 1.82) is 0 Å². The zero-order valence-corrected chi connectivity index (χ0v) is 6.00. The summed E-state index contributed by atoms with van der Waals surface area (Å²) < 4.78 is 0. The molecule has 0 fully saturated rings. The molecule has 2 N–H and O–H groups in total. The minimum atomic E-state index is -0.611. The van der Waals surface area contributed by atoms with Crippen LogP contribution in [-0.2, 0) is 0 Å². The Bertz CT molecular complexity index is 23.0. The zero-order valence-electron chi connectivity index (χ0n) is 5.00. The summed E-state index contributed by atoms with van der Waals surface area (Å²) in [6.07, 6.45) is 0. The maximum atomic E-state index is 2.33. The van der Waals surface area contributed by atoms with Crippen molar-refractivity contribution in [3.05, 3.63) is 0 Å². The van der Waals surface area contributed by atoms with E-state index in [1.807, 2.05) is 0 Å². The normalized spacial score (nSPS) is 10.0. The first kappa shape index (κ1) is 9.49. The molecule has 0 aliphatic rings. The summed E-state index contributed by atoms with van der Waals surface area (Å²) in [4.78, 5) is 0. The lowest BCUT2D eigenvalue weighted by Gasteiger charge is -2.01. The van der Waals surface area contributed by atoms with Crippen molar-refractivity contribution in [2.24, 2.45) is 0 Å². The molecule has 0 aliphatic carbocycles. The van der Waals surface area contributed by atoms with Gasteiger partial charge in [0.2, 0.25) is 0 Å². The van der Waals surface area contributed by atoms with E-state index in [0.29, 0.717) is 0 Å². The molecule has 6 heavy (non-hydrogen) atoms. The van der Waals surface area contributed by atoms with E-state index in [0.717, 1.165) is 0 Å². The summed E-state index contributed by atoms with van der Waals surface area (Å²) in [5.74, 6) is 0. The lowest BCUT2D eigenvalue weighted by atomic mass is 11.8. The van der Waals surface area contributed by atoms with E-state index in [4.69, 9.17) is 0 Å². The highest BCUT2D eigenvalue weighted by Gasteiger charge is 1.99. The van der Waals surface area contributed by atoms with E-state index in [1.54, 1.807) is 0 Å². The van der Waals surface area contributed by atoms with Gasteiger partial charge in [0.25, 0.3) is 0 Å². The second-order valence-corrected chi connectivity index (χ2v) is 9.00. The molecule has 40 valence electrons. The van der Waals surface area contributed by atoms with Crippen molar-refractivity contribution in [3.63, 3.8) is 0 Å². The third-order valence-electron chi connectivity index (χ3n) is 0. The molecule has 0 aromatic carbocycles. The van der Waals surface area contributed by atoms with E-state index in [9.17, 15) is 0 Å². The van der Waals surface area contributed by atoms with E-state index in [2.05, 4.69) is 26.2 Å². The van der Waals surface area contributed by atoms with Gasteiger partial charge in [0.15, 0.2) is 0 Å². The average molecular weight is 106 g/mol. The van der Waals surface area contributed by atoms with Gasteiger partial charge in [0.05, 0.1) is 0 Å². The van der Waals surface area contributed by atoms with Crippen molar-refractivity contribution in [1.82, 2.24) is 0 Å². The van der Waals surface area contributed by atoms with E-state index < -0.39 is 8.07 Å². The standard InChI is InChI=1S/C4H12Si.H2O/c1-5(2,3)4;/h1-4H3;1H2. The molecule has 0 unspecified atom stereocenters. The van der Waals surface area contributed by atoms with Gasteiger partial charge in [-0.1, -0.05) is 26.2 Å². The van der Waals surface area contributed by atoms with Crippen molar-refractivity contribution in [2.45, 2.75) is 26.2 Å². The molecule has 0 spiro atoms. The third kappa shape index (κ3) is 1350. The zero-order chi connectivity index (χ0) is 4.50. The second kappa shape index (κ2) is 2.37. The predicted molar refractivity (Wildman–Crippen MR) is 32.8 cm³/mol. The van der Waals surface area contributed by atoms with Crippen LogP contribution < -0.4 is 0 Å². The fourth-order valence-corrected chi connectivity index (χ4v) is 0. The highest BCUT2D eigenvalue weighted by Crippen LogP contribution is 1.94. The summed E-state index contributed by atoms with van der Waals surface area (Å²) in [5.41, 5.74) is 0. The third-order valence-corrected chi connectivity index (χ3v) is 0. The molecule has 0 amide bonds. The van der Waals surface area contributed by atoms with Crippen LogP contribution in [0.25, 0.3) is 0 Å². The van der Waals surface area contributed by atoms with Crippen LogP contribution in [0.3, 0.4) is 0 Å². The highest BCUT2D eigenvalue weighted by atomic mass is 28.3. The lowest BCUT2D eigenvalue weighted by Crippen LogP contribution is -2.10. The van der Waals surface area contributed by atoms with Crippen LogP contribution in [0.5, 0.6) is 0 Å². The summed E-state index contributed by atoms with van der Waals surface area (Å²) in [6.45, 7) is 9.31. The van der Waals surface area contributed by atoms with Crippen LogP contribution in [0.2, 0.25) is 26.2 Å². The molecule has 0 rings (SSSR count). The second-order valence-electron chi connectivity index (χ2n) is 3.00. The van der Waals surface area contributed by atoms with Crippen LogP contribution in [0, 0.1) is 0 Å². The minimum Gasteiger partial charge on any atom is -0.412 e. The Kier molecular flexibility index (Phi) is 3.74. The lowest BCUT2D eigenvalue weighted by molar-refractivity contribution is 0.824. The molecule has 1 nitrogen and oxygen atoms in total. The largest absolute Gasteiger partial charge is 0.412 e. The SMILES string of the molecule is C[Si](C)(C)C.O. The van der Waals surface area contributed by atoms with Gasteiger partial charge in [-0.05, 0) is 0 Å². The molecule has 0 aromatic rings. The minimum absolute atomic E-state index is 0. The van der Waals surface area contributed by atoms with E-state index in [1.165, 1.54) is 0 Å². The van der Waals surface area contributed by atoms with Crippen molar-refractivity contribution >= 4 is 8.07 Å². The summed E-state index contributed by atoms with van der Waals surface area (Å²) in [5, 5.41) is 0. The van der Waals surface area contributed by atoms with Gasteiger partial charge >= 0.3 is 0 Å². The van der Waals surface area contributed by atoms with Crippen molar-refractivity contribution < 1.29 is 5.48 Å². The number of rotatable bonds is 0. The molecule has 0 heterocycles. The average Bonchev–Trinajstić information content (AvgIpc) is 0.722. The van der Waals surface area contributed by atoms with Crippen LogP contribution in [-0.4, -0.2) is 13.6 Å². The van der Waals surface area contributed by atoms with Crippen LogP contribution >= 0.6 is 0 Å². The van der Waals surface area contributed by atoms with Gasteiger partial charge in [-0.3, -0.25) is 0 Å². The Morgan fingerprint density at radius 3 is 0.833 bits per heavy atom. The number of hydrogen-bond donors (Lipinski definition) is 0. The predicted octanol–water partition coefficient (Wildman–Crippen LogP) is 1.13. The molecule has 0 radical (unpaired) electrons. The monoisotopic (exact) mass is 106 g/mol. The molecule has 0 bridgehead atoms. The van der Waals surface area contributed by atoms with Crippen molar-refractivity contribution in [2.75, 3.05) is 0 Å². The van der Waals surface area contributed by atoms with Crippen molar-refractivity contribution in [3.8, 4) is 0 Å². The van der Waals surface area contributed by atoms with Gasteiger partial charge in [-0.2, -0.15) is 0 Å². The Morgan fingerprint density at radius 2 is 0.833 bits per heavy atom. The Hall–Kier alpha value is 0.177. The van der Waals surface area contributed by atoms with Crippen LogP contribution in [0.1, 0.15) is 0 Å². The molecular formula is C4H14OSi. The Morgan fingerprint density at radius 1 is 0.833 bits per heavy atom. The molecule has 0 aromatic heterocycles. The molecule has 0 saturated heterocycles. The van der Waals surface area contributed by atoms with E-state index in [-0.39, 0.29) is 5.48 Å². The van der Waals surface area contributed by atoms with Gasteiger partial charge < -0.3 is 5.48 Å². The first-order valence-electron chi connectivity index (χ1n) is 2.00. The quantitative estimate of drug-likeness (QED) is 0.415. The summed E-state index contributed by atoms with van der Waals surface area (Å²) in [6, 6.07) is 0. The molecule has 0 aliphatic heterocycles. The van der Waals surface area contributed by atoms with Gasteiger partial charge in [-0.15, -0.1) is 0 Å². The van der Waals surface area contributed by atoms with Gasteiger partial charge in [-0.25, -0.2) is 0 Å². The molecular weight excluding hydrogens is 92.1 g/mol. The maximum Gasteiger partial charge on any atom is 0.0411 e. The summed E-state index contributed by atoms with van der Waals surface area (Å²) >= 11 is 0. The van der Waals surface area contributed by atoms with Crippen LogP contribution in [0.15, 0.2) is 0 Å². The molecule has 2 heteroatoms. The number of hydrogen-bond acceptors (Lipinski definition) is 0. The fraction of sp³-hybridized carbons (Fsp3) is 1.00. The molecule has 0 atom stereocenters. The Balaban J connectivity index is 0. The fourth-order valence-electron chi connectivity index (χ4n) is 0. The van der Waals surface area contributed by atoms with Gasteiger partial charge in [0.1, 0.15) is 0 Å². The van der Waals surface area contributed by atoms with Gasteiger partial charge in [0, 0.05) is 8.07 Å². The highest BCUT2D eigenvalue weighted by molar-refractivity contribution is 6.74. The first-order valence-corrected chi connectivity index (χ1v) is 6.00. The van der Waals surface area contributed by atoms with E-state index >= 15 is 0 Å². The first-order chi connectivity index (χ1) is 2.00. The topological polar surface area (TPSA) is 31.5 Å². The Labute approximate surface area is 40.7 Å². The summed E-state index contributed by atoms with van der Waals surface area (Å²) in [7, 11) is -0.611. The smallest absolute Gasteiger partial charge is 0.0411 e. The molecule has 0 saturated carbocycles. The van der Waals surface area contributed by atoms with Crippen LogP contribution in [0.4, 0.5) is 0 Å². The maximum absolute atomic E-state index is 2.33.